The molecular formula is C8H10N6OS. The number of carbonyl (C=O) groups is 1. The number of nitrogens with zero attached hydrogens (tertiary/aromatic N) is 5. The molecule has 0 aliphatic carbocycles. The van der Waals surface area contributed by atoms with Crippen molar-refractivity contribution in [2.75, 3.05) is 5.75 Å². The van der Waals surface area contributed by atoms with Gasteiger partial charge in [-0.1, -0.05) is 17.0 Å². The van der Waals surface area contributed by atoms with Crippen molar-refractivity contribution >= 4 is 28.8 Å². The third-order valence-corrected chi connectivity index (χ3v) is 2.92. The van der Waals surface area contributed by atoms with E-state index in [2.05, 4.69) is 20.3 Å². The SMILES string of the molecule is CCn1nnc2c(SCC(N)=O)ncnc21. The fourth-order valence-electron chi connectivity index (χ4n) is 1.23. The van der Waals surface area contributed by atoms with E-state index in [1.807, 2.05) is 6.92 Å². The molecule has 7 nitrogen and oxygen atoms in total. The van der Waals surface area contributed by atoms with Crippen LogP contribution in [-0.2, 0) is 11.3 Å². The minimum atomic E-state index is -0.389. The summed E-state index contributed by atoms with van der Waals surface area (Å²) >= 11 is 1.24. The zero-order valence-electron chi connectivity index (χ0n) is 8.62. The first-order valence-electron chi connectivity index (χ1n) is 4.67. The van der Waals surface area contributed by atoms with E-state index in [9.17, 15) is 4.79 Å². The summed E-state index contributed by atoms with van der Waals surface area (Å²) in [5, 5.41) is 8.55. The van der Waals surface area contributed by atoms with Gasteiger partial charge in [0.2, 0.25) is 5.91 Å². The number of primary amides is 1. The molecule has 0 bridgehead atoms. The van der Waals surface area contributed by atoms with Crippen molar-refractivity contribution in [1.82, 2.24) is 25.0 Å². The van der Waals surface area contributed by atoms with Crippen LogP contribution in [0.3, 0.4) is 0 Å². The fourth-order valence-corrected chi connectivity index (χ4v) is 1.90. The molecule has 2 rings (SSSR count). The third kappa shape index (κ3) is 1.96. The Labute approximate surface area is 95.4 Å². The summed E-state index contributed by atoms with van der Waals surface area (Å²) < 4.78 is 1.67. The molecule has 0 aromatic carbocycles. The lowest BCUT2D eigenvalue weighted by Crippen LogP contribution is -2.13. The Hall–Kier alpha value is -1.70. The van der Waals surface area contributed by atoms with E-state index >= 15 is 0 Å². The number of aryl methyl sites for hydroxylation is 1. The second-order valence-electron chi connectivity index (χ2n) is 3.01. The van der Waals surface area contributed by atoms with Crippen molar-refractivity contribution in [3.05, 3.63) is 6.33 Å². The predicted molar refractivity (Wildman–Crippen MR) is 58.7 cm³/mol. The Bertz CT molecular complexity index is 524. The molecule has 2 aromatic heterocycles. The standard InChI is InChI=1S/C8H10N6OS/c1-2-14-7-6(12-13-14)8(11-4-10-7)16-3-5(9)15/h4H,2-3H2,1H3,(H2,9,15). The quantitative estimate of drug-likeness (QED) is 0.586. The van der Waals surface area contributed by atoms with Crippen LogP contribution >= 0.6 is 11.8 Å². The lowest BCUT2D eigenvalue weighted by Gasteiger charge is -1.98. The van der Waals surface area contributed by atoms with Crippen LogP contribution in [0.15, 0.2) is 11.4 Å². The van der Waals surface area contributed by atoms with Crippen LogP contribution in [0.5, 0.6) is 0 Å². The molecule has 2 aromatic rings. The topological polar surface area (TPSA) is 99.6 Å². The summed E-state index contributed by atoms with van der Waals surface area (Å²) in [4.78, 5) is 18.8. The van der Waals surface area contributed by atoms with Gasteiger partial charge in [-0.05, 0) is 6.92 Å². The molecule has 0 fully saturated rings. The summed E-state index contributed by atoms with van der Waals surface area (Å²) in [6, 6.07) is 0. The second kappa shape index (κ2) is 4.44. The summed E-state index contributed by atoms with van der Waals surface area (Å²) in [6.45, 7) is 2.64. The van der Waals surface area contributed by atoms with Crippen LogP contribution in [0.2, 0.25) is 0 Å². The Morgan fingerprint density at radius 2 is 2.38 bits per heavy atom. The number of thioether (sulfide) groups is 1. The summed E-state index contributed by atoms with van der Waals surface area (Å²) in [5.74, 6) is -0.217. The first kappa shape index (κ1) is 10.8. The molecule has 8 heteroatoms. The number of hydrogen-bond acceptors (Lipinski definition) is 6. The van der Waals surface area contributed by atoms with Crippen LogP contribution < -0.4 is 5.73 Å². The zero-order valence-corrected chi connectivity index (χ0v) is 9.44. The molecular weight excluding hydrogens is 228 g/mol. The number of hydrogen-bond donors (Lipinski definition) is 1. The monoisotopic (exact) mass is 238 g/mol. The van der Waals surface area contributed by atoms with Crippen molar-refractivity contribution < 1.29 is 4.79 Å². The van der Waals surface area contributed by atoms with Gasteiger partial charge in [-0.25, -0.2) is 14.6 Å². The van der Waals surface area contributed by atoms with Gasteiger partial charge in [0.15, 0.2) is 11.2 Å². The molecule has 0 saturated carbocycles. The lowest BCUT2D eigenvalue weighted by molar-refractivity contribution is -0.115. The van der Waals surface area contributed by atoms with Crippen LogP contribution in [-0.4, -0.2) is 36.6 Å². The largest absolute Gasteiger partial charge is 0.369 e. The van der Waals surface area contributed by atoms with Gasteiger partial charge in [0.05, 0.1) is 5.75 Å². The summed E-state index contributed by atoms with van der Waals surface area (Å²) in [7, 11) is 0. The summed E-state index contributed by atoms with van der Waals surface area (Å²) in [6.07, 6.45) is 1.43. The number of carbonyl (C=O) groups excluding carboxylic acids is 1. The average Bonchev–Trinajstić information content (AvgIpc) is 2.69. The molecule has 0 radical (unpaired) electrons. The van der Waals surface area contributed by atoms with Gasteiger partial charge >= 0.3 is 0 Å². The summed E-state index contributed by atoms with van der Waals surface area (Å²) in [5.41, 5.74) is 6.35. The van der Waals surface area contributed by atoms with Crippen LogP contribution in [0.4, 0.5) is 0 Å². The second-order valence-corrected chi connectivity index (χ2v) is 3.98. The van der Waals surface area contributed by atoms with Gasteiger partial charge in [0, 0.05) is 6.54 Å². The predicted octanol–water partition coefficient (Wildman–Crippen LogP) is -0.181. The Morgan fingerprint density at radius 3 is 3.06 bits per heavy atom. The Kier molecular flexibility index (Phi) is 3.00. The number of fused-ring (bicyclic) bond motifs is 1. The van der Waals surface area contributed by atoms with Crippen molar-refractivity contribution in [3.63, 3.8) is 0 Å². The number of rotatable bonds is 4. The van der Waals surface area contributed by atoms with Gasteiger partial charge in [-0.3, -0.25) is 4.79 Å². The van der Waals surface area contributed by atoms with Gasteiger partial charge in [0.1, 0.15) is 11.4 Å². The lowest BCUT2D eigenvalue weighted by atomic mass is 10.5. The van der Waals surface area contributed by atoms with Crippen LogP contribution in [0, 0.1) is 0 Å². The van der Waals surface area contributed by atoms with Crippen molar-refractivity contribution in [1.29, 1.82) is 0 Å². The molecule has 84 valence electrons. The van der Waals surface area contributed by atoms with E-state index in [-0.39, 0.29) is 11.7 Å². The zero-order chi connectivity index (χ0) is 11.5. The third-order valence-electron chi connectivity index (χ3n) is 1.92. The Morgan fingerprint density at radius 1 is 1.56 bits per heavy atom. The molecule has 0 unspecified atom stereocenters. The fraction of sp³-hybridized carbons (Fsp3) is 0.375. The normalized spacial score (nSPS) is 10.8. The highest BCUT2D eigenvalue weighted by molar-refractivity contribution is 8.00. The van der Waals surface area contributed by atoms with Crippen LogP contribution in [0.25, 0.3) is 11.2 Å². The molecule has 2 heterocycles. The minimum absolute atomic E-state index is 0.172. The molecule has 0 aliphatic heterocycles. The molecule has 0 atom stereocenters. The average molecular weight is 238 g/mol. The number of aromatic nitrogens is 5. The molecule has 16 heavy (non-hydrogen) atoms. The molecule has 0 aliphatic rings. The van der Waals surface area contributed by atoms with Crippen molar-refractivity contribution in [2.45, 2.75) is 18.5 Å². The maximum Gasteiger partial charge on any atom is 0.227 e. The maximum absolute atomic E-state index is 10.7. The minimum Gasteiger partial charge on any atom is -0.369 e. The van der Waals surface area contributed by atoms with Crippen LogP contribution in [0.1, 0.15) is 6.92 Å². The molecule has 1 amide bonds. The van der Waals surface area contributed by atoms with Gasteiger partial charge < -0.3 is 5.73 Å². The molecule has 2 N–H and O–H groups in total. The van der Waals surface area contributed by atoms with E-state index in [0.717, 1.165) is 0 Å². The number of nitrogens with two attached hydrogens (primary N) is 1. The van der Waals surface area contributed by atoms with E-state index in [1.165, 1.54) is 18.1 Å². The smallest absolute Gasteiger partial charge is 0.227 e. The highest BCUT2D eigenvalue weighted by Gasteiger charge is 2.11. The van der Waals surface area contributed by atoms with Gasteiger partial charge in [0.25, 0.3) is 0 Å². The van der Waals surface area contributed by atoms with Gasteiger partial charge in [-0.2, -0.15) is 0 Å². The van der Waals surface area contributed by atoms with E-state index in [4.69, 9.17) is 5.73 Å². The van der Waals surface area contributed by atoms with Crippen molar-refractivity contribution in [2.24, 2.45) is 5.73 Å². The highest BCUT2D eigenvalue weighted by Crippen LogP contribution is 2.21. The van der Waals surface area contributed by atoms with E-state index < -0.39 is 0 Å². The molecule has 0 saturated heterocycles. The van der Waals surface area contributed by atoms with E-state index in [1.54, 1.807) is 4.68 Å². The first-order chi connectivity index (χ1) is 7.72. The van der Waals surface area contributed by atoms with Crippen molar-refractivity contribution in [3.8, 4) is 0 Å². The highest BCUT2D eigenvalue weighted by atomic mass is 32.2. The number of amides is 1. The maximum atomic E-state index is 10.7. The Balaban J connectivity index is 2.38. The molecule has 0 spiro atoms. The first-order valence-corrected chi connectivity index (χ1v) is 5.66. The van der Waals surface area contributed by atoms with E-state index in [0.29, 0.717) is 22.7 Å². The van der Waals surface area contributed by atoms with Gasteiger partial charge in [-0.15, -0.1) is 5.10 Å².